The minimum absolute atomic E-state index is 0.0411. The highest BCUT2D eigenvalue weighted by molar-refractivity contribution is 8.13. The fourth-order valence-electron chi connectivity index (χ4n) is 1.41. The topological polar surface area (TPSA) is 52.6 Å². The van der Waals surface area contributed by atoms with Crippen LogP contribution < -0.4 is 9.47 Å². The molecule has 1 aromatic rings. The van der Waals surface area contributed by atoms with Gasteiger partial charge in [0.15, 0.2) is 11.5 Å². The summed E-state index contributed by atoms with van der Waals surface area (Å²) in [7, 11) is 1.25. The minimum atomic E-state index is -3.98. The Morgan fingerprint density at radius 1 is 1.44 bits per heavy atom. The van der Waals surface area contributed by atoms with Gasteiger partial charge in [-0.3, -0.25) is 0 Å². The largest absolute Gasteiger partial charge is 0.454 e. The van der Waals surface area contributed by atoms with Gasteiger partial charge in [0, 0.05) is 10.7 Å². The van der Waals surface area contributed by atoms with Crippen molar-refractivity contribution in [3.8, 4) is 11.5 Å². The lowest BCUT2D eigenvalue weighted by Gasteiger charge is -2.07. The van der Waals surface area contributed by atoms with Crippen LogP contribution in [0, 0.1) is 0 Å². The zero-order valence-corrected chi connectivity index (χ0v) is 9.81. The van der Waals surface area contributed by atoms with E-state index in [1.54, 1.807) is 0 Å². The first-order chi connectivity index (χ1) is 7.39. The van der Waals surface area contributed by atoms with Crippen molar-refractivity contribution in [3.63, 3.8) is 0 Å². The van der Waals surface area contributed by atoms with Gasteiger partial charge >= 0.3 is 0 Å². The average Bonchev–Trinajstić information content (AvgIpc) is 2.61. The summed E-state index contributed by atoms with van der Waals surface area (Å²) in [5, 5.41) is 0. The molecular formula is C9H8ClFO4S. The van der Waals surface area contributed by atoms with Crippen molar-refractivity contribution < 1.29 is 22.3 Å². The van der Waals surface area contributed by atoms with Gasteiger partial charge in [-0.25, -0.2) is 12.8 Å². The number of rotatable bonds is 2. The number of hydrogen-bond donors (Lipinski definition) is 0. The Morgan fingerprint density at radius 2 is 2.12 bits per heavy atom. The van der Waals surface area contributed by atoms with Crippen molar-refractivity contribution in [1.29, 1.82) is 0 Å². The van der Waals surface area contributed by atoms with E-state index in [4.69, 9.17) is 20.2 Å². The lowest BCUT2D eigenvalue weighted by atomic mass is 10.1. The molecule has 0 bridgehead atoms. The molecule has 0 amide bonds. The van der Waals surface area contributed by atoms with Crippen LogP contribution in [0.2, 0.25) is 0 Å². The fraction of sp³-hybridized carbons (Fsp3) is 0.333. The van der Waals surface area contributed by atoms with Gasteiger partial charge in [-0.15, -0.1) is 0 Å². The molecule has 0 N–H and O–H groups in total. The number of benzene rings is 1. The lowest BCUT2D eigenvalue weighted by molar-refractivity contribution is 0.172. The summed E-state index contributed by atoms with van der Waals surface area (Å²) in [6.07, 6.45) is -1.31. The Morgan fingerprint density at radius 3 is 2.69 bits per heavy atom. The molecular weight excluding hydrogens is 259 g/mol. The van der Waals surface area contributed by atoms with E-state index >= 15 is 0 Å². The van der Waals surface area contributed by atoms with E-state index in [1.807, 2.05) is 0 Å². The molecule has 0 fully saturated rings. The van der Waals surface area contributed by atoms with E-state index in [1.165, 1.54) is 13.0 Å². The number of fused-ring (bicyclic) bond motifs is 1. The molecule has 1 aliphatic rings. The van der Waals surface area contributed by atoms with Gasteiger partial charge in [-0.05, 0) is 24.6 Å². The second kappa shape index (κ2) is 3.78. The van der Waals surface area contributed by atoms with Gasteiger partial charge in [0.2, 0.25) is 6.79 Å². The third-order valence-electron chi connectivity index (χ3n) is 2.18. The van der Waals surface area contributed by atoms with Crippen molar-refractivity contribution in [2.75, 3.05) is 6.79 Å². The first-order valence-corrected chi connectivity index (χ1v) is 6.73. The predicted octanol–water partition coefficient (Wildman–Crippen LogP) is 2.37. The molecule has 1 aromatic carbocycles. The highest BCUT2D eigenvalue weighted by atomic mass is 35.7. The van der Waals surface area contributed by atoms with Crippen LogP contribution in [0.4, 0.5) is 4.39 Å². The van der Waals surface area contributed by atoms with Crippen LogP contribution in [0.15, 0.2) is 17.0 Å². The van der Waals surface area contributed by atoms with Crippen LogP contribution in [0.3, 0.4) is 0 Å². The Bertz CT molecular complexity index is 527. The second-order valence-corrected chi connectivity index (χ2v) is 5.84. The molecule has 1 atom stereocenters. The number of halogens is 2. The van der Waals surface area contributed by atoms with E-state index in [0.717, 1.165) is 6.07 Å². The van der Waals surface area contributed by atoms with Gasteiger partial charge in [-0.1, -0.05) is 0 Å². The molecule has 7 heteroatoms. The van der Waals surface area contributed by atoms with E-state index < -0.39 is 15.2 Å². The van der Waals surface area contributed by atoms with Gasteiger partial charge in [0.05, 0.1) is 0 Å². The van der Waals surface area contributed by atoms with E-state index in [0.29, 0.717) is 0 Å². The molecule has 0 aliphatic carbocycles. The number of alkyl halides is 1. The molecule has 88 valence electrons. The van der Waals surface area contributed by atoms with Gasteiger partial charge in [0.25, 0.3) is 9.05 Å². The zero-order valence-electron chi connectivity index (χ0n) is 8.24. The SMILES string of the molecule is CC(F)c1cc2c(c(S(=O)(=O)Cl)c1)OCO2. The third kappa shape index (κ3) is 1.94. The molecule has 16 heavy (non-hydrogen) atoms. The number of hydrogen-bond acceptors (Lipinski definition) is 4. The van der Waals surface area contributed by atoms with Crippen molar-refractivity contribution in [2.24, 2.45) is 0 Å². The Labute approximate surface area is 96.3 Å². The molecule has 0 spiro atoms. The first-order valence-electron chi connectivity index (χ1n) is 4.42. The highest BCUT2D eigenvalue weighted by Crippen LogP contribution is 2.42. The summed E-state index contributed by atoms with van der Waals surface area (Å²) in [6.45, 7) is 1.20. The molecule has 4 nitrogen and oxygen atoms in total. The van der Waals surface area contributed by atoms with Crippen LogP contribution in [0.25, 0.3) is 0 Å². The molecule has 1 aliphatic heterocycles. The third-order valence-corrected chi connectivity index (χ3v) is 3.51. The monoisotopic (exact) mass is 266 g/mol. The average molecular weight is 267 g/mol. The maximum Gasteiger partial charge on any atom is 0.265 e. The van der Waals surface area contributed by atoms with Crippen molar-refractivity contribution >= 4 is 19.7 Å². The molecule has 0 aromatic heterocycles. The molecule has 0 saturated carbocycles. The Kier molecular flexibility index (Phi) is 2.71. The Hall–Kier alpha value is -1.01. The smallest absolute Gasteiger partial charge is 0.265 e. The summed E-state index contributed by atoms with van der Waals surface area (Å²) < 4.78 is 45.7. The highest BCUT2D eigenvalue weighted by Gasteiger charge is 2.27. The minimum Gasteiger partial charge on any atom is -0.454 e. The van der Waals surface area contributed by atoms with Crippen LogP contribution in [-0.2, 0) is 9.05 Å². The second-order valence-electron chi connectivity index (χ2n) is 3.31. The van der Waals surface area contributed by atoms with Crippen LogP contribution in [0.5, 0.6) is 11.5 Å². The molecule has 0 radical (unpaired) electrons. The summed E-state index contributed by atoms with van der Waals surface area (Å²) in [5.41, 5.74) is 0.184. The molecule has 2 rings (SSSR count). The van der Waals surface area contributed by atoms with Crippen LogP contribution in [-0.4, -0.2) is 15.2 Å². The summed E-state index contributed by atoms with van der Waals surface area (Å²) in [5.74, 6) is 0.237. The van der Waals surface area contributed by atoms with E-state index in [9.17, 15) is 12.8 Å². The normalized spacial score (nSPS) is 16.2. The summed E-state index contributed by atoms with van der Waals surface area (Å²) in [4.78, 5) is -0.260. The first kappa shape index (κ1) is 11.5. The molecule has 1 heterocycles. The number of ether oxygens (including phenoxy) is 2. The van der Waals surface area contributed by atoms with Crippen molar-refractivity contribution in [3.05, 3.63) is 17.7 Å². The van der Waals surface area contributed by atoms with Crippen LogP contribution >= 0.6 is 10.7 Å². The molecule has 1 unspecified atom stereocenters. The maximum absolute atomic E-state index is 13.1. The summed E-state index contributed by atoms with van der Waals surface area (Å²) >= 11 is 0. The maximum atomic E-state index is 13.1. The van der Waals surface area contributed by atoms with E-state index in [-0.39, 0.29) is 28.8 Å². The predicted molar refractivity (Wildman–Crippen MR) is 55.1 cm³/mol. The van der Waals surface area contributed by atoms with Gasteiger partial charge in [0.1, 0.15) is 11.1 Å². The fourth-order valence-corrected chi connectivity index (χ4v) is 2.41. The van der Waals surface area contributed by atoms with Gasteiger partial charge < -0.3 is 9.47 Å². The van der Waals surface area contributed by atoms with Gasteiger partial charge in [-0.2, -0.15) is 0 Å². The van der Waals surface area contributed by atoms with Crippen molar-refractivity contribution in [2.45, 2.75) is 18.0 Å². The van der Waals surface area contributed by atoms with Crippen molar-refractivity contribution in [1.82, 2.24) is 0 Å². The van der Waals surface area contributed by atoms with E-state index in [2.05, 4.69) is 0 Å². The van der Waals surface area contributed by atoms with Crippen LogP contribution in [0.1, 0.15) is 18.7 Å². The quantitative estimate of drug-likeness (QED) is 0.771. The Balaban J connectivity index is 2.68. The summed E-state index contributed by atoms with van der Waals surface area (Å²) in [6, 6.07) is 2.55. The standard InChI is InChI=1S/C9H8ClFO4S/c1-5(11)6-2-7-9(15-4-14-7)8(3-6)16(10,12)13/h2-3,5H,4H2,1H3. The molecule has 0 saturated heterocycles. The lowest BCUT2D eigenvalue weighted by Crippen LogP contribution is -1.97. The zero-order chi connectivity index (χ0) is 11.9.